The van der Waals surface area contributed by atoms with E-state index >= 15 is 0 Å². The van der Waals surface area contributed by atoms with E-state index < -0.39 is 5.82 Å². The van der Waals surface area contributed by atoms with Crippen molar-refractivity contribution in [2.75, 3.05) is 5.32 Å². The van der Waals surface area contributed by atoms with E-state index in [0.717, 1.165) is 18.8 Å². The van der Waals surface area contributed by atoms with Gasteiger partial charge in [-0.15, -0.1) is 5.10 Å². The molecule has 0 bridgehead atoms. The minimum Gasteiger partial charge on any atom is -0.483 e. The fourth-order valence-corrected chi connectivity index (χ4v) is 3.19. The van der Waals surface area contributed by atoms with Crippen molar-refractivity contribution in [3.8, 4) is 5.82 Å². The molecule has 27 heavy (non-hydrogen) atoms. The summed E-state index contributed by atoms with van der Waals surface area (Å²) in [6.07, 6.45) is 5.75. The molecule has 0 spiro atoms. The first-order chi connectivity index (χ1) is 13.1. The molecule has 0 radical (unpaired) electrons. The van der Waals surface area contributed by atoms with E-state index in [9.17, 15) is 4.39 Å². The second-order valence-electron chi connectivity index (χ2n) is 6.56. The van der Waals surface area contributed by atoms with Gasteiger partial charge in [0, 0.05) is 6.04 Å². The largest absolute Gasteiger partial charge is 0.483 e. The van der Waals surface area contributed by atoms with Crippen LogP contribution in [0.4, 0.5) is 10.3 Å². The molecule has 0 saturated heterocycles. The smallest absolute Gasteiger partial charge is 0.290 e. The van der Waals surface area contributed by atoms with Gasteiger partial charge in [-0.1, -0.05) is 24.3 Å². The number of hydrogen-bond acceptors (Lipinski definition) is 6. The van der Waals surface area contributed by atoms with Crippen LogP contribution in [0.25, 0.3) is 16.9 Å². The van der Waals surface area contributed by atoms with Gasteiger partial charge >= 0.3 is 0 Å². The molecule has 0 amide bonds. The van der Waals surface area contributed by atoms with E-state index in [4.69, 9.17) is 9.90 Å². The van der Waals surface area contributed by atoms with Crippen LogP contribution < -0.4 is 5.32 Å². The highest BCUT2D eigenvalue weighted by Gasteiger charge is 2.20. The van der Waals surface area contributed by atoms with Gasteiger partial charge in [0.1, 0.15) is 5.52 Å². The highest BCUT2D eigenvalue weighted by molar-refractivity contribution is 5.75. The SMILES string of the molecule is CC1CCC(Nc2ncc(F)c(-n3nnc4ccccc43)n2)CC1.O=CO. The molecule has 0 atom stereocenters. The van der Waals surface area contributed by atoms with Gasteiger partial charge in [0.15, 0.2) is 11.6 Å². The Morgan fingerprint density at radius 2 is 1.96 bits per heavy atom. The Morgan fingerprint density at radius 1 is 1.26 bits per heavy atom. The summed E-state index contributed by atoms with van der Waals surface area (Å²) in [5.74, 6) is 0.804. The summed E-state index contributed by atoms with van der Waals surface area (Å²) in [5.41, 5.74) is 1.42. The van der Waals surface area contributed by atoms with Gasteiger partial charge < -0.3 is 10.4 Å². The third-order valence-corrected chi connectivity index (χ3v) is 4.63. The van der Waals surface area contributed by atoms with Crippen LogP contribution in [-0.4, -0.2) is 42.6 Å². The van der Waals surface area contributed by atoms with Crippen LogP contribution in [0, 0.1) is 11.7 Å². The van der Waals surface area contributed by atoms with Gasteiger partial charge in [-0.25, -0.2) is 9.37 Å². The minimum absolute atomic E-state index is 0.116. The maximum atomic E-state index is 14.2. The van der Waals surface area contributed by atoms with Gasteiger partial charge in [-0.05, 0) is 43.7 Å². The predicted molar refractivity (Wildman–Crippen MR) is 98.1 cm³/mol. The van der Waals surface area contributed by atoms with Crippen LogP contribution in [0.3, 0.4) is 0 Å². The third-order valence-electron chi connectivity index (χ3n) is 4.63. The van der Waals surface area contributed by atoms with E-state index in [0.29, 0.717) is 23.0 Å². The molecule has 1 fully saturated rings. The molecular formula is C18H21FN6O2. The number of carbonyl (C=O) groups is 1. The Balaban J connectivity index is 0.000000659. The average molecular weight is 372 g/mol. The van der Waals surface area contributed by atoms with Crippen molar-refractivity contribution in [3.63, 3.8) is 0 Å². The summed E-state index contributed by atoms with van der Waals surface area (Å²) in [6, 6.07) is 7.75. The van der Waals surface area contributed by atoms with Crippen LogP contribution in [0.1, 0.15) is 32.6 Å². The molecule has 9 heteroatoms. The molecule has 0 unspecified atom stereocenters. The number of nitrogens with zero attached hydrogens (tertiary/aromatic N) is 5. The summed E-state index contributed by atoms with van der Waals surface area (Å²) in [7, 11) is 0. The Morgan fingerprint density at radius 3 is 2.70 bits per heavy atom. The highest BCUT2D eigenvalue weighted by atomic mass is 19.1. The van der Waals surface area contributed by atoms with Crippen molar-refractivity contribution < 1.29 is 14.3 Å². The average Bonchev–Trinajstić information content (AvgIpc) is 3.10. The monoisotopic (exact) mass is 372 g/mol. The number of nitrogens with one attached hydrogen (secondary N) is 1. The lowest BCUT2D eigenvalue weighted by Crippen LogP contribution is -2.26. The Hall–Kier alpha value is -3.10. The molecule has 8 nitrogen and oxygen atoms in total. The van der Waals surface area contributed by atoms with Crippen molar-refractivity contribution in [1.82, 2.24) is 25.0 Å². The maximum absolute atomic E-state index is 14.2. The number of hydrogen-bond donors (Lipinski definition) is 2. The number of fused-ring (bicyclic) bond motifs is 1. The summed E-state index contributed by atoms with van der Waals surface area (Å²) in [4.78, 5) is 16.8. The van der Waals surface area contributed by atoms with Crippen molar-refractivity contribution in [2.45, 2.75) is 38.6 Å². The normalized spacial score (nSPS) is 19.2. The number of benzene rings is 1. The molecule has 1 aliphatic rings. The predicted octanol–water partition coefficient (Wildman–Crippen LogP) is 3.04. The summed E-state index contributed by atoms with van der Waals surface area (Å²) in [6.45, 7) is 2.03. The van der Waals surface area contributed by atoms with Gasteiger partial charge in [0.25, 0.3) is 6.47 Å². The van der Waals surface area contributed by atoms with Crippen LogP contribution >= 0.6 is 0 Å². The number of carboxylic acid groups (broad SMARTS) is 1. The fourth-order valence-electron chi connectivity index (χ4n) is 3.19. The molecule has 2 heterocycles. The second kappa shape index (κ2) is 8.52. The molecule has 3 aromatic rings. The Kier molecular flexibility index (Phi) is 5.90. The molecule has 142 valence electrons. The lowest BCUT2D eigenvalue weighted by atomic mass is 9.87. The van der Waals surface area contributed by atoms with E-state index in [-0.39, 0.29) is 12.3 Å². The van der Waals surface area contributed by atoms with E-state index in [1.165, 1.54) is 23.7 Å². The van der Waals surface area contributed by atoms with Crippen molar-refractivity contribution >= 4 is 23.5 Å². The van der Waals surface area contributed by atoms with Crippen LogP contribution in [0.5, 0.6) is 0 Å². The highest BCUT2D eigenvalue weighted by Crippen LogP contribution is 2.25. The number of aromatic nitrogens is 5. The van der Waals surface area contributed by atoms with E-state index in [1.807, 2.05) is 24.3 Å². The quantitative estimate of drug-likeness (QED) is 0.681. The zero-order valence-electron chi connectivity index (χ0n) is 14.9. The number of para-hydroxylation sites is 1. The lowest BCUT2D eigenvalue weighted by molar-refractivity contribution is -0.122. The van der Waals surface area contributed by atoms with Gasteiger partial charge in [-0.3, -0.25) is 4.79 Å². The fraction of sp³-hybridized carbons (Fsp3) is 0.389. The summed E-state index contributed by atoms with van der Waals surface area (Å²) in [5, 5.41) is 18.3. The van der Waals surface area contributed by atoms with Gasteiger partial charge in [0.2, 0.25) is 5.95 Å². The molecule has 1 aliphatic carbocycles. The van der Waals surface area contributed by atoms with E-state index in [1.54, 1.807) is 0 Å². The topological polar surface area (TPSA) is 106 Å². The molecule has 1 saturated carbocycles. The van der Waals surface area contributed by atoms with E-state index in [2.05, 4.69) is 32.5 Å². The number of anilines is 1. The maximum Gasteiger partial charge on any atom is 0.290 e. The Labute approximate surface area is 155 Å². The van der Waals surface area contributed by atoms with Crippen molar-refractivity contribution in [2.24, 2.45) is 5.92 Å². The lowest BCUT2D eigenvalue weighted by Gasteiger charge is -2.26. The van der Waals surface area contributed by atoms with Crippen LogP contribution in [0.2, 0.25) is 0 Å². The molecule has 1 aromatic carbocycles. The van der Waals surface area contributed by atoms with Crippen LogP contribution in [0.15, 0.2) is 30.5 Å². The molecule has 4 rings (SSSR count). The van der Waals surface area contributed by atoms with Crippen LogP contribution in [-0.2, 0) is 4.79 Å². The van der Waals surface area contributed by atoms with Gasteiger partial charge in [0.05, 0.1) is 11.7 Å². The molecule has 2 aromatic heterocycles. The Bertz CT molecular complexity index is 908. The van der Waals surface area contributed by atoms with Crippen molar-refractivity contribution in [3.05, 3.63) is 36.3 Å². The summed E-state index contributed by atoms with van der Waals surface area (Å²) < 4.78 is 15.7. The van der Waals surface area contributed by atoms with Gasteiger partial charge in [-0.2, -0.15) is 9.67 Å². The van der Waals surface area contributed by atoms with Crippen molar-refractivity contribution in [1.29, 1.82) is 0 Å². The number of halogens is 1. The first kappa shape index (κ1) is 18.7. The molecule has 0 aliphatic heterocycles. The molecule has 2 N–H and O–H groups in total. The first-order valence-corrected chi connectivity index (χ1v) is 8.80. The zero-order valence-corrected chi connectivity index (χ0v) is 14.9. The first-order valence-electron chi connectivity index (χ1n) is 8.80. The third kappa shape index (κ3) is 4.36. The summed E-state index contributed by atoms with van der Waals surface area (Å²) >= 11 is 0. The standard InChI is InChI=1S/C17H19FN6.CH2O2/c1-11-6-8-12(9-7-11)20-17-19-10-13(18)16(21-17)24-15-5-3-2-4-14(15)22-23-24;2-1-3/h2-5,10-12H,6-9H2,1H3,(H,19,20,21);1H,(H,2,3). The minimum atomic E-state index is -0.520. The second-order valence-corrected chi connectivity index (χ2v) is 6.56. The number of rotatable bonds is 3. The molecular weight excluding hydrogens is 351 g/mol. The zero-order chi connectivity index (χ0) is 19.2.